The van der Waals surface area contributed by atoms with Crippen molar-refractivity contribution in [2.24, 2.45) is 5.10 Å². The number of amides is 2. The van der Waals surface area contributed by atoms with Crippen molar-refractivity contribution in [2.75, 3.05) is 20.3 Å². The number of hydrazone groups is 1. The van der Waals surface area contributed by atoms with E-state index in [1.807, 2.05) is 0 Å². The van der Waals surface area contributed by atoms with Crippen molar-refractivity contribution in [3.05, 3.63) is 34.8 Å². The topological polar surface area (TPSA) is 126 Å². The van der Waals surface area contributed by atoms with Gasteiger partial charge in [-0.1, -0.05) is 6.08 Å². The van der Waals surface area contributed by atoms with Crippen molar-refractivity contribution in [1.82, 2.24) is 10.7 Å². The maximum atomic E-state index is 11.5. The molecule has 0 fully saturated rings. The monoisotopic (exact) mass is 413 g/mol. The van der Waals surface area contributed by atoms with E-state index in [9.17, 15) is 14.4 Å². The van der Waals surface area contributed by atoms with Crippen molar-refractivity contribution in [3.63, 3.8) is 0 Å². The van der Waals surface area contributed by atoms with E-state index in [2.05, 4.69) is 38.4 Å². The Morgan fingerprint density at radius 1 is 1.36 bits per heavy atom. The Hall–Kier alpha value is -2.88. The molecule has 1 aromatic rings. The summed E-state index contributed by atoms with van der Waals surface area (Å²) in [4.78, 5) is 33.4. The molecule has 1 rings (SSSR count). The SMILES string of the molecule is C=CCNC(=O)C(=O)N/N=C\c1cc(Br)c(OCC(=O)O)c(OC)c1. The van der Waals surface area contributed by atoms with E-state index in [1.54, 1.807) is 6.07 Å². The van der Waals surface area contributed by atoms with Crippen LogP contribution in [0, 0.1) is 0 Å². The molecule has 0 heterocycles. The molecular weight excluding hydrogens is 398 g/mol. The zero-order valence-corrected chi connectivity index (χ0v) is 14.8. The van der Waals surface area contributed by atoms with Gasteiger partial charge in [-0.25, -0.2) is 10.2 Å². The predicted octanol–water partition coefficient (Wildman–Crippen LogP) is 0.673. The number of carboxylic acid groups (broad SMARTS) is 1. The molecule has 0 unspecified atom stereocenters. The maximum absolute atomic E-state index is 11.5. The number of carbonyl (C=O) groups excluding carboxylic acids is 2. The van der Waals surface area contributed by atoms with Gasteiger partial charge in [0.2, 0.25) is 0 Å². The van der Waals surface area contributed by atoms with Gasteiger partial charge in [0.05, 0.1) is 17.8 Å². The minimum Gasteiger partial charge on any atom is -0.493 e. The number of halogens is 1. The number of ether oxygens (including phenoxy) is 2. The Bertz CT molecular complexity index is 705. The minimum absolute atomic E-state index is 0.165. The number of nitrogens with one attached hydrogen (secondary N) is 2. The summed E-state index contributed by atoms with van der Waals surface area (Å²) in [7, 11) is 1.39. The summed E-state index contributed by atoms with van der Waals surface area (Å²) in [5, 5.41) is 14.6. The Kier molecular flexibility index (Phi) is 8.13. The van der Waals surface area contributed by atoms with Crippen LogP contribution in [0.2, 0.25) is 0 Å². The Morgan fingerprint density at radius 2 is 2.08 bits per heavy atom. The lowest BCUT2D eigenvalue weighted by Crippen LogP contribution is -2.37. The van der Waals surface area contributed by atoms with E-state index in [0.717, 1.165) is 0 Å². The molecule has 0 aliphatic carbocycles. The van der Waals surface area contributed by atoms with Gasteiger partial charge < -0.3 is 19.9 Å². The minimum atomic E-state index is -1.13. The number of carboxylic acids is 1. The van der Waals surface area contributed by atoms with E-state index in [1.165, 1.54) is 25.5 Å². The summed E-state index contributed by atoms with van der Waals surface area (Å²) in [5.74, 6) is -2.40. The zero-order chi connectivity index (χ0) is 18.8. The number of hydrogen-bond donors (Lipinski definition) is 3. The van der Waals surface area contributed by atoms with Crippen LogP contribution in [0.3, 0.4) is 0 Å². The van der Waals surface area contributed by atoms with E-state index in [4.69, 9.17) is 14.6 Å². The molecular formula is C15H16BrN3O6. The fourth-order valence-electron chi connectivity index (χ4n) is 1.55. The number of methoxy groups -OCH3 is 1. The van der Waals surface area contributed by atoms with Crippen LogP contribution in [-0.2, 0) is 14.4 Å². The molecule has 10 heteroatoms. The number of hydrogen-bond acceptors (Lipinski definition) is 6. The van der Waals surface area contributed by atoms with Crippen LogP contribution in [0.4, 0.5) is 0 Å². The molecule has 0 aliphatic heterocycles. The van der Waals surface area contributed by atoms with Crippen molar-refractivity contribution >= 4 is 39.9 Å². The summed E-state index contributed by atoms with van der Waals surface area (Å²) in [6.07, 6.45) is 2.72. The normalized spacial score (nSPS) is 10.2. The molecule has 0 bridgehead atoms. The highest BCUT2D eigenvalue weighted by molar-refractivity contribution is 9.10. The van der Waals surface area contributed by atoms with Crippen LogP contribution >= 0.6 is 15.9 Å². The first-order chi connectivity index (χ1) is 11.9. The van der Waals surface area contributed by atoms with Gasteiger partial charge in [0.1, 0.15) is 0 Å². The van der Waals surface area contributed by atoms with Gasteiger partial charge >= 0.3 is 17.8 Å². The second-order valence-corrected chi connectivity index (χ2v) is 5.27. The van der Waals surface area contributed by atoms with Crippen molar-refractivity contribution in [3.8, 4) is 11.5 Å². The van der Waals surface area contributed by atoms with Gasteiger partial charge in [-0.2, -0.15) is 5.10 Å². The number of benzene rings is 1. The van der Waals surface area contributed by atoms with Gasteiger partial charge in [-0.3, -0.25) is 9.59 Å². The maximum Gasteiger partial charge on any atom is 0.341 e. The third-order valence-corrected chi connectivity index (χ3v) is 3.17. The summed E-state index contributed by atoms with van der Waals surface area (Å²) in [5.41, 5.74) is 2.58. The Morgan fingerprint density at radius 3 is 2.68 bits per heavy atom. The molecule has 0 radical (unpaired) electrons. The molecule has 0 atom stereocenters. The first-order valence-electron chi connectivity index (χ1n) is 6.83. The highest BCUT2D eigenvalue weighted by Gasteiger charge is 2.13. The van der Waals surface area contributed by atoms with E-state index >= 15 is 0 Å². The largest absolute Gasteiger partial charge is 0.493 e. The van der Waals surface area contributed by atoms with Crippen molar-refractivity contribution in [2.45, 2.75) is 0 Å². The van der Waals surface area contributed by atoms with Gasteiger partial charge in [-0.05, 0) is 33.6 Å². The van der Waals surface area contributed by atoms with Gasteiger partial charge in [-0.15, -0.1) is 6.58 Å². The molecule has 0 saturated carbocycles. The highest BCUT2D eigenvalue weighted by Crippen LogP contribution is 2.36. The van der Waals surface area contributed by atoms with E-state index in [-0.39, 0.29) is 18.0 Å². The van der Waals surface area contributed by atoms with Crippen molar-refractivity contribution < 1.29 is 29.0 Å². The molecule has 134 valence electrons. The summed E-state index contributed by atoms with van der Waals surface area (Å²) in [6.45, 7) is 3.05. The average molecular weight is 414 g/mol. The van der Waals surface area contributed by atoms with E-state index < -0.39 is 24.4 Å². The van der Waals surface area contributed by atoms with Crippen LogP contribution in [0.1, 0.15) is 5.56 Å². The van der Waals surface area contributed by atoms with E-state index in [0.29, 0.717) is 10.0 Å². The molecule has 1 aromatic carbocycles. The average Bonchev–Trinajstić information content (AvgIpc) is 2.57. The lowest BCUT2D eigenvalue weighted by molar-refractivity contribution is -0.139. The lowest BCUT2D eigenvalue weighted by atomic mass is 10.2. The van der Waals surface area contributed by atoms with Crippen LogP contribution in [0.15, 0.2) is 34.4 Å². The van der Waals surface area contributed by atoms with Crippen LogP contribution in [-0.4, -0.2) is 49.4 Å². The fraction of sp³-hybridized carbons (Fsp3) is 0.200. The highest BCUT2D eigenvalue weighted by atomic mass is 79.9. The third-order valence-electron chi connectivity index (χ3n) is 2.58. The molecule has 0 aromatic heterocycles. The molecule has 3 N–H and O–H groups in total. The van der Waals surface area contributed by atoms with Crippen LogP contribution in [0.5, 0.6) is 11.5 Å². The number of aliphatic carboxylic acids is 1. The molecule has 2 amide bonds. The smallest absolute Gasteiger partial charge is 0.341 e. The van der Waals surface area contributed by atoms with Crippen LogP contribution in [0.25, 0.3) is 0 Å². The summed E-state index contributed by atoms with van der Waals surface area (Å²) in [6, 6.07) is 3.10. The molecule has 25 heavy (non-hydrogen) atoms. The predicted molar refractivity (Wildman–Crippen MR) is 92.8 cm³/mol. The lowest BCUT2D eigenvalue weighted by Gasteiger charge is -2.12. The van der Waals surface area contributed by atoms with Gasteiger partial charge in [0.15, 0.2) is 18.1 Å². The summed E-state index contributed by atoms with van der Waals surface area (Å²) >= 11 is 3.24. The van der Waals surface area contributed by atoms with Crippen molar-refractivity contribution in [1.29, 1.82) is 0 Å². The molecule has 0 saturated heterocycles. The number of rotatable bonds is 8. The van der Waals surface area contributed by atoms with Gasteiger partial charge in [0.25, 0.3) is 0 Å². The molecule has 0 spiro atoms. The fourth-order valence-corrected chi connectivity index (χ4v) is 2.12. The molecule has 0 aliphatic rings. The second-order valence-electron chi connectivity index (χ2n) is 4.41. The van der Waals surface area contributed by atoms with Gasteiger partial charge in [0, 0.05) is 6.54 Å². The first-order valence-corrected chi connectivity index (χ1v) is 7.62. The quantitative estimate of drug-likeness (QED) is 0.249. The zero-order valence-electron chi connectivity index (χ0n) is 13.2. The number of nitrogens with zero attached hydrogens (tertiary/aromatic N) is 1. The molecule has 9 nitrogen and oxygen atoms in total. The Labute approximate surface area is 151 Å². The van der Waals surface area contributed by atoms with Crippen LogP contribution < -0.4 is 20.2 Å². The number of carbonyl (C=O) groups is 3. The third kappa shape index (κ3) is 6.63. The summed E-state index contributed by atoms with van der Waals surface area (Å²) < 4.78 is 10.7. The standard InChI is InChI=1S/C15H16BrN3O6/c1-3-4-17-14(22)15(23)19-18-7-9-5-10(16)13(11(6-9)24-2)25-8-12(20)21/h3,5-7H,1,4,8H2,2H3,(H,17,22)(H,19,23)(H,20,21)/b18-7-. The first kappa shape index (κ1) is 20.2. The Balaban J connectivity index is 2.80. The second kappa shape index (κ2) is 10.1.